The van der Waals surface area contributed by atoms with E-state index in [9.17, 15) is 0 Å². The van der Waals surface area contributed by atoms with Crippen LogP contribution in [0.1, 0.15) is 45.9 Å². The number of nitrogens with zero attached hydrogens (tertiary/aromatic N) is 3. The molecule has 0 bridgehead atoms. The lowest BCUT2D eigenvalue weighted by Gasteiger charge is -2.32. The molecule has 1 aromatic rings. The molecule has 2 atom stereocenters. The molecule has 0 spiro atoms. The van der Waals surface area contributed by atoms with Crippen molar-refractivity contribution < 1.29 is 0 Å². The minimum atomic E-state index is 0.667. The summed E-state index contributed by atoms with van der Waals surface area (Å²) in [5.41, 5.74) is 0. The topological polar surface area (TPSA) is 21.1 Å². The van der Waals surface area contributed by atoms with Crippen molar-refractivity contribution in [3.8, 4) is 0 Å². The first-order valence-electron chi connectivity index (χ1n) is 7.39. The Balaban J connectivity index is 2.12. The Morgan fingerprint density at radius 3 is 2.68 bits per heavy atom. The fourth-order valence-electron chi connectivity index (χ4n) is 3.04. The van der Waals surface area contributed by atoms with Gasteiger partial charge in [0.05, 0.1) is 12.7 Å². The Labute approximate surface area is 122 Å². The molecule has 1 aliphatic rings. The van der Waals surface area contributed by atoms with Crippen LogP contribution in [0.5, 0.6) is 0 Å². The van der Waals surface area contributed by atoms with Gasteiger partial charge in [-0.3, -0.25) is 4.90 Å². The normalized spacial score (nSPS) is 25.8. The highest BCUT2D eigenvalue weighted by molar-refractivity contribution is 6.29. The van der Waals surface area contributed by atoms with Gasteiger partial charge in [0.2, 0.25) is 0 Å². The summed E-state index contributed by atoms with van der Waals surface area (Å²) in [5, 5.41) is 0.722. The lowest BCUT2D eigenvalue weighted by atomic mass is 9.95. The standard InChI is InChI=1S/C15H26ClN3/c1-11(2)13-6-5-12(3)7-8-19(13)10-15-17-9-14(16)18(15)4/h9,11-13H,5-8,10H2,1-4H3. The van der Waals surface area contributed by atoms with Crippen LogP contribution in [0.4, 0.5) is 0 Å². The summed E-state index contributed by atoms with van der Waals surface area (Å²) in [7, 11) is 2.00. The summed E-state index contributed by atoms with van der Waals surface area (Å²) >= 11 is 6.08. The van der Waals surface area contributed by atoms with Crippen molar-refractivity contribution >= 4 is 11.6 Å². The number of hydrogen-bond donors (Lipinski definition) is 0. The van der Waals surface area contributed by atoms with Crippen LogP contribution in [0.25, 0.3) is 0 Å². The predicted octanol–water partition coefficient (Wildman–Crippen LogP) is 3.72. The molecule has 2 heterocycles. The molecule has 4 heteroatoms. The lowest BCUT2D eigenvalue weighted by Crippen LogP contribution is -2.38. The molecule has 2 rings (SSSR count). The smallest absolute Gasteiger partial charge is 0.128 e. The van der Waals surface area contributed by atoms with E-state index < -0.39 is 0 Å². The van der Waals surface area contributed by atoms with Crippen molar-refractivity contribution in [3.63, 3.8) is 0 Å². The first-order valence-corrected chi connectivity index (χ1v) is 7.77. The number of likely N-dealkylation sites (tertiary alicyclic amines) is 1. The van der Waals surface area contributed by atoms with E-state index in [-0.39, 0.29) is 0 Å². The van der Waals surface area contributed by atoms with Gasteiger partial charge in [0.25, 0.3) is 0 Å². The third-order valence-electron chi connectivity index (χ3n) is 4.48. The molecule has 2 unspecified atom stereocenters. The van der Waals surface area contributed by atoms with Gasteiger partial charge in [-0.1, -0.05) is 32.4 Å². The third-order valence-corrected chi connectivity index (χ3v) is 4.83. The second-order valence-electron chi connectivity index (χ2n) is 6.31. The Bertz CT molecular complexity index is 414. The minimum Gasteiger partial charge on any atom is -0.321 e. The molecule has 1 aromatic heterocycles. The second kappa shape index (κ2) is 6.27. The molecule has 19 heavy (non-hydrogen) atoms. The van der Waals surface area contributed by atoms with Gasteiger partial charge in [-0.15, -0.1) is 0 Å². The molecule has 108 valence electrons. The van der Waals surface area contributed by atoms with E-state index in [0.717, 1.165) is 23.4 Å². The molecule has 0 aromatic carbocycles. The van der Waals surface area contributed by atoms with Crippen molar-refractivity contribution in [1.82, 2.24) is 14.5 Å². The van der Waals surface area contributed by atoms with Gasteiger partial charge >= 0.3 is 0 Å². The highest BCUT2D eigenvalue weighted by atomic mass is 35.5. The number of hydrogen-bond acceptors (Lipinski definition) is 2. The summed E-state index contributed by atoms with van der Waals surface area (Å²) < 4.78 is 1.99. The highest BCUT2D eigenvalue weighted by Crippen LogP contribution is 2.27. The van der Waals surface area contributed by atoms with Gasteiger partial charge in [-0.2, -0.15) is 0 Å². The van der Waals surface area contributed by atoms with Crippen molar-refractivity contribution in [2.75, 3.05) is 6.54 Å². The van der Waals surface area contributed by atoms with E-state index in [4.69, 9.17) is 11.6 Å². The molecule has 1 aliphatic heterocycles. The Morgan fingerprint density at radius 1 is 1.37 bits per heavy atom. The summed E-state index contributed by atoms with van der Waals surface area (Å²) in [6.45, 7) is 9.13. The van der Waals surface area contributed by atoms with Crippen molar-refractivity contribution in [3.05, 3.63) is 17.2 Å². The van der Waals surface area contributed by atoms with E-state index in [1.54, 1.807) is 6.20 Å². The average Bonchev–Trinajstić information content (AvgIpc) is 2.57. The quantitative estimate of drug-likeness (QED) is 0.843. The van der Waals surface area contributed by atoms with Crippen LogP contribution < -0.4 is 0 Å². The molecule has 1 fully saturated rings. The SMILES string of the molecule is CC1CCC(C(C)C)N(Cc2ncc(Cl)n2C)CC1. The molecular weight excluding hydrogens is 258 g/mol. The van der Waals surface area contributed by atoms with E-state index in [1.165, 1.54) is 25.8 Å². The van der Waals surface area contributed by atoms with E-state index in [1.807, 2.05) is 11.6 Å². The summed E-state index contributed by atoms with van der Waals surface area (Å²) in [4.78, 5) is 7.05. The fourth-order valence-corrected chi connectivity index (χ4v) is 3.18. The van der Waals surface area contributed by atoms with E-state index in [0.29, 0.717) is 12.0 Å². The molecular formula is C15H26ClN3. The van der Waals surface area contributed by atoms with Crippen LogP contribution in [0.15, 0.2) is 6.20 Å². The van der Waals surface area contributed by atoms with Crippen LogP contribution in [-0.4, -0.2) is 27.0 Å². The first kappa shape index (κ1) is 14.9. The van der Waals surface area contributed by atoms with Crippen LogP contribution in [-0.2, 0) is 13.6 Å². The van der Waals surface area contributed by atoms with Gasteiger partial charge in [-0.25, -0.2) is 4.98 Å². The van der Waals surface area contributed by atoms with Gasteiger partial charge in [0.1, 0.15) is 11.0 Å². The second-order valence-corrected chi connectivity index (χ2v) is 6.70. The van der Waals surface area contributed by atoms with Gasteiger partial charge in [0.15, 0.2) is 0 Å². The first-order chi connectivity index (χ1) is 8.99. The zero-order valence-electron chi connectivity index (χ0n) is 12.6. The molecule has 0 saturated carbocycles. The summed E-state index contributed by atoms with van der Waals surface area (Å²) in [6.07, 6.45) is 5.70. The zero-order valence-corrected chi connectivity index (χ0v) is 13.3. The summed E-state index contributed by atoms with van der Waals surface area (Å²) in [6, 6.07) is 0.667. The van der Waals surface area contributed by atoms with Crippen LogP contribution in [0, 0.1) is 11.8 Å². The molecule has 1 saturated heterocycles. The van der Waals surface area contributed by atoms with Crippen molar-refractivity contribution in [1.29, 1.82) is 0 Å². The number of imidazole rings is 1. The molecule has 0 radical (unpaired) electrons. The maximum atomic E-state index is 6.08. The number of rotatable bonds is 3. The highest BCUT2D eigenvalue weighted by Gasteiger charge is 2.26. The fraction of sp³-hybridized carbons (Fsp3) is 0.800. The third kappa shape index (κ3) is 3.51. The number of aromatic nitrogens is 2. The number of halogens is 1. The molecule has 0 aliphatic carbocycles. The molecule has 0 amide bonds. The molecule has 3 nitrogen and oxygen atoms in total. The average molecular weight is 284 g/mol. The van der Waals surface area contributed by atoms with E-state index >= 15 is 0 Å². The molecule has 0 N–H and O–H groups in total. The Morgan fingerprint density at radius 2 is 2.11 bits per heavy atom. The van der Waals surface area contributed by atoms with Gasteiger partial charge in [0, 0.05) is 13.1 Å². The Hall–Kier alpha value is -0.540. The lowest BCUT2D eigenvalue weighted by molar-refractivity contribution is 0.144. The zero-order chi connectivity index (χ0) is 14.0. The van der Waals surface area contributed by atoms with E-state index in [2.05, 4.69) is 30.7 Å². The maximum Gasteiger partial charge on any atom is 0.128 e. The monoisotopic (exact) mass is 283 g/mol. The maximum absolute atomic E-state index is 6.08. The van der Waals surface area contributed by atoms with Crippen LogP contribution in [0.2, 0.25) is 5.15 Å². The van der Waals surface area contributed by atoms with Gasteiger partial charge < -0.3 is 4.57 Å². The van der Waals surface area contributed by atoms with Crippen molar-refractivity contribution in [2.45, 2.75) is 52.6 Å². The Kier molecular flexibility index (Phi) is 4.91. The van der Waals surface area contributed by atoms with Crippen LogP contribution >= 0.6 is 11.6 Å². The van der Waals surface area contributed by atoms with Crippen molar-refractivity contribution in [2.24, 2.45) is 18.9 Å². The summed E-state index contributed by atoms with van der Waals surface area (Å²) in [5.74, 6) is 2.61. The minimum absolute atomic E-state index is 0.667. The predicted molar refractivity (Wildman–Crippen MR) is 80.3 cm³/mol. The van der Waals surface area contributed by atoms with Crippen LogP contribution in [0.3, 0.4) is 0 Å². The largest absolute Gasteiger partial charge is 0.321 e. The van der Waals surface area contributed by atoms with Gasteiger partial charge in [-0.05, 0) is 37.6 Å².